The van der Waals surface area contributed by atoms with Gasteiger partial charge in [0.1, 0.15) is 0 Å². The van der Waals surface area contributed by atoms with Crippen LogP contribution < -0.4 is 10.2 Å². The molecule has 130 valence electrons. The van der Waals surface area contributed by atoms with Crippen LogP contribution in [0.1, 0.15) is 51.0 Å². The van der Waals surface area contributed by atoms with Crippen molar-refractivity contribution < 1.29 is 9.69 Å². The zero-order chi connectivity index (χ0) is 16.8. The highest BCUT2D eigenvalue weighted by Gasteiger charge is 2.27. The lowest BCUT2D eigenvalue weighted by Gasteiger charge is -2.29. The van der Waals surface area contributed by atoms with E-state index in [0.29, 0.717) is 5.92 Å². The number of carbonyl (C=O) groups is 1. The summed E-state index contributed by atoms with van der Waals surface area (Å²) >= 11 is 0. The van der Waals surface area contributed by atoms with Gasteiger partial charge < -0.3 is 10.2 Å². The topological polar surface area (TPSA) is 33.5 Å². The molecular formula is C21H31N2O+. The molecule has 2 aliphatic rings. The van der Waals surface area contributed by atoms with E-state index in [9.17, 15) is 4.79 Å². The summed E-state index contributed by atoms with van der Waals surface area (Å²) in [6.07, 6.45) is 9.98. The molecule has 0 spiro atoms. The van der Waals surface area contributed by atoms with Crippen LogP contribution in [0.15, 0.2) is 36.4 Å². The van der Waals surface area contributed by atoms with E-state index in [1.807, 2.05) is 0 Å². The van der Waals surface area contributed by atoms with E-state index < -0.39 is 0 Å². The van der Waals surface area contributed by atoms with Gasteiger partial charge in [-0.05, 0) is 42.9 Å². The van der Waals surface area contributed by atoms with Crippen LogP contribution in [0.2, 0.25) is 0 Å². The Morgan fingerprint density at radius 3 is 2.62 bits per heavy atom. The summed E-state index contributed by atoms with van der Waals surface area (Å²) in [6, 6.07) is 10.6. The van der Waals surface area contributed by atoms with Gasteiger partial charge >= 0.3 is 0 Å². The summed E-state index contributed by atoms with van der Waals surface area (Å²) in [6.45, 7) is 4.94. The Hall–Kier alpha value is -1.61. The maximum absolute atomic E-state index is 12.5. The lowest BCUT2D eigenvalue weighted by Crippen LogP contribution is -3.17. The van der Waals surface area contributed by atoms with E-state index in [1.165, 1.54) is 48.1 Å². The Kier molecular flexibility index (Phi) is 6.08. The van der Waals surface area contributed by atoms with Gasteiger partial charge in [0.25, 0.3) is 5.91 Å². The minimum absolute atomic E-state index is 0.0437. The van der Waals surface area contributed by atoms with Crippen molar-refractivity contribution in [2.75, 3.05) is 19.6 Å². The van der Waals surface area contributed by atoms with Gasteiger partial charge in [-0.2, -0.15) is 0 Å². The minimum atomic E-state index is 0.0437. The molecule has 1 aromatic rings. The molecule has 1 heterocycles. The average molecular weight is 327 g/mol. The molecule has 1 aromatic carbocycles. The monoisotopic (exact) mass is 327 g/mol. The normalized spacial score (nSPS) is 23.4. The van der Waals surface area contributed by atoms with Crippen LogP contribution in [0.5, 0.6) is 0 Å². The van der Waals surface area contributed by atoms with Crippen LogP contribution >= 0.6 is 0 Å². The first kappa shape index (κ1) is 17.2. The highest BCUT2D eigenvalue weighted by atomic mass is 16.2. The predicted molar refractivity (Wildman–Crippen MR) is 98.8 cm³/mol. The smallest absolute Gasteiger partial charge is 0.278 e. The number of hydrogen-bond acceptors (Lipinski definition) is 1. The Bertz CT molecular complexity index is 560. The van der Waals surface area contributed by atoms with E-state index >= 15 is 0 Å². The average Bonchev–Trinajstić information content (AvgIpc) is 2.67. The minimum Gasteiger partial charge on any atom is -0.351 e. The summed E-state index contributed by atoms with van der Waals surface area (Å²) in [5, 5.41) is 3.21. The Balaban J connectivity index is 1.48. The second-order valence-electron chi connectivity index (χ2n) is 7.43. The summed E-state index contributed by atoms with van der Waals surface area (Å²) in [5.41, 5.74) is 2.75. The number of nitrogens with one attached hydrogen (secondary N) is 2. The van der Waals surface area contributed by atoms with Gasteiger partial charge in [0, 0.05) is 13.0 Å². The number of quaternary nitrogens is 1. The SMILES string of the molecule is C[C@H](C(=O)NCC1CCCCC1)[NH+]1CC=C(c2ccccc2)CC1. The summed E-state index contributed by atoms with van der Waals surface area (Å²) in [5.74, 6) is 0.933. The standard InChI is InChI=1S/C21H30N2O/c1-17(21(24)22-16-18-8-4-2-5-9-18)23-14-12-20(13-15-23)19-10-6-3-7-11-19/h3,6-7,10-12,17-18H,2,4-5,8-9,13-16H2,1H3,(H,22,24)/p+1/t17-/m1/s1. The van der Waals surface area contributed by atoms with E-state index in [-0.39, 0.29) is 11.9 Å². The second-order valence-corrected chi connectivity index (χ2v) is 7.43. The maximum atomic E-state index is 12.5. The molecule has 0 aromatic heterocycles. The van der Waals surface area contributed by atoms with Gasteiger partial charge in [-0.15, -0.1) is 0 Å². The molecule has 2 atom stereocenters. The van der Waals surface area contributed by atoms with Crippen molar-refractivity contribution in [2.24, 2.45) is 5.92 Å². The van der Waals surface area contributed by atoms with Crippen molar-refractivity contribution in [3.8, 4) is 0 Å². The molecule has 1 unspecified atom stereocenters. The molecule has 1 fully saturated rings. The third-order valence-corrected chi connectivity index (χ3v) is 5.77. The zero-order valence-electron chi connectivity index (χ0n) is 14.9. The molecule has 2 N–H and O–H groups in total. The molecule has 3 nitrogen and oxygen atoms in total. The largest absolute Gasteiger partial charge is 0.351 e. The summed E-state index contributed by atoms with van der Waals surface area (Å²) in [7, 11) is 0. The van der Waals surface area contributed by atoms with Crippen molar-refractivity contribution in [3.63, 3.8) is 0 Å². The van der Waals surface area contributed by atoms with E-state index in [4.69, 9.17) is 0 Å². The maximum Gasteiger partial charge on any atom is 0.278 e. The molecule has 1 aliphatic heterocycles. The van der Waals surface area contributed by atoms with Crippen LogP contribution in [-0.4, -0.2) is 31.6 Å². The van der Waals surface area contributed by atoms with Crippen molar-refractivity contribution in [3.05, 3.63) is 42.0 Å². The third-order valence-electron chi connectivity index (χ3n) is 5.77. The first-order valence-electron chi connectivity index (χ1n) is 9.61. The number of hydrogen-bond donors (Lipinski definition) is 2. The van der Waals surface area contributed by atoms with Gasteiger partial charge in [0.05, 0.1) is 13.1 Å². The molecule has 0 bridgehead atoms. The first-order valence-corrected chi connectivity index (χ1v) is 9.61. The second kappa shape index (κ2) is 8.48. The van der Waals surface area contributed by atoms with Crippen LogP contribution in [0.25, 0.3) is 5.57 Å². The molecule has 3 heteroatoms. The Morgan fingerprint density at radius 1 is 1.21 bits per heavy atom. The van der Waals surface area contributed by atoms with Gasteiger partial charge in [-0.3, -0.25) is 4.79 Å². The fraction of sp³-hybridized carbons (Fsp3) is 0.571. The fourth-order valence-corrected chi connectivity index (χ4v) is 4.04. The highest BCUT2D eigenvalue weighted by molar-refractivity contribution is 5.80. The molecule has 3 rings (SSSR count). The van der Waals surface area contributed by atoms with Gasteiger partial charge in [-0.25, -0.2) is 0 Å². The first-order chi connectivity index (χ1) is 11.7. The third kappa shape index (κ3) is 4.47. The van der Waals surface area contributed by atoms with Gasteiger partial charge in [0.15, 0.2) is 6.04 Å². The van der Waals surface area contributed by atoms with E-state index in [2.05, 4.69) is 48.6 Å². The van der Waals surface area contributed by atoms with Crippen LogP contribution in [0.4, 0.5) is 0 Å². The Morgan fingerprint density at radius 2 is 1.96 bits per heavy atom. The van der Waals surface area contributed by atoms with Crippen molar-refractivity contribution in [1.29, 1.82) is 0 Å². The lowest BCUT2D eigenvalue weighted by molar-refractivity contribution is -0.909. The van der Waals surface area contributed by atoms with Crippen molar-refractivity contribution >= 4 is 11.5 Å². The molecule has 0 saturated heterocycles. The van der Waals surface area contributed by atoms with Crippen LogP contribution in [0, 0.1) is 5.92 Å². The van der Waals surface area contributed by atoms with E-state index in [1.54, 1.807) is 0 Å². The molecule has 1 aliphatic carbocycles. The number of carbonyl (C=O) groups excluding carboxylic acids is 1. The van der Waals surface area contributed by atoms with Crippen molar-refractivity contribution in [2.45, 2.75) is 51.5 Å². The lowest BCUT2D eigenvalue weighted by atomic mass is 9.89. The quantitative estimate of drug-likeness (QED) is 0.856. The number of benzene rings is 1. The Labute approximate surface area is 146 Å². The molecule has 24 heavy (non-hydrogen) atoms. The van der Waals surface area contributed by atoms with Crippen molar-refractivity contribution in [1.82, 2.24) is 5.32 Å². The fourth-order valence-electron chi connectivity index (χ4n) is 4.04. The van der Waals surface area contributed by atoms with Crippen LogP contribution in [-0.2, 0) is 4.79 Å². The predicted octanol–water partition coefficient (Wildman–Crippen LogP) is 2.44. The molecule has 0 radical (unpaired) electrons. The van der Waals surface area contributed by atoms with Crippen LogP contribution in [0.3, 0.4) is 0 Å². The number of rotatable bonds is 5. The molecule has 1 saturated carbocycles. The highest BCUT2D eigenvalue weighted by Crippen LogP contribution is 2.22. The number of amides is 1. The summed E-state index contributed by atoms with van der Waals surface area (Å²) in [4.78, 5) is 13.9. The van der Waals surface area contributed by atoms with E-state index in [0.717, 1.165) is 26.1 Å². The zero-order valence-corrected chi connectivity index (χ0v) is 14.9. The van der Waals surface area contributed by atoms with Gasteiger partial charge in [-0.1, -0.05) is 49.6 Å². The summed E-state index contributed by atoms with van der Waals surface area (Å²) < 4.78 is 0. The molecule has 1 amide bonds. The van der Waals surface area contributed by atoms with Gasteiger partial charge in [0.2, 0.25) is 0 Å². The molecular weight excluding hydrogens is 296 g/mol.